The van der Waals surface area contributed by atoms with Crippen LogP contribution in [0.2, 0.25) is 0 Å². The van der Waals surface area contributed by atoms with Gasteiger partial charge in [0.2, 0.25) is 0 Å². The van der Waals surface area contributed by atoms with Crippen molar-refractivity contribution in [3.8, 4) is 17.0 Å². The van der Waals surface area contributed by atoms with E-state index in [1.807, 2.05) is 54.6 Å². The van der Waals surface area contributed by atoms with Crippen molar-refractivity contribution in [3.05, 3.63) is 108 Å². The van der Waals surface area contributed by atoms with Crippen LogP contribution >= 0.6 is 0 Å². The molecule has 0 bridgehead atoms. The molecule has 0 spiro atoms. The van der Waals surface area contributed by atoms with Crippen LogP contribution in [0.3, 0.4) is 0 Å². The van der Waals surface area contributed by atoms with Crippen molar-refractivity contribution in [2.45, 2.75) is 6.61 Å². The molecule has 0 aliphatic rings. The fourth-order valence-electron chi connectivity index (χ4n) is 2.85. The number of carbonyl (C=O) groups excluding carboxylic acids is 1. The zero-order valence-corrected chi connectivity index (χ0v) is 16.5. The second-order valence-corrected chi connectivity index (χ2v) is 6.72. The highest BCUT2D eigenvalue weighted by Crippen LogP contribution is 2.23. The first kappa shape index (κ1) is 20.0. The molecule has 1 aromatic heterocycles. The molecule has 2 N–H and O–H groups in total. The Hall–Kier alpha value is -4.26. The Morgan fingerprint density at radius 3 is 2.65 bits per heavy atom. The van der Waals surface area contributed by atoms with Gasteiger partial charge in [-0.05, 0) is 41.5 Å². The maximum atomic E-state index is 12.9. The number of benzene rings is 3. The van der Waals surface area contributed by atoms with Crippen molar-refractivity contribution >= 4 is 12.1 Å². The SMILES string of the molecule is O=C(N/N=C\c1ccc(F)cc1)c1cc(-c2cccc(OCc3ccccc3)c2)n[nH]1. The van der Waals surface area contributed by atoms with E-state index < -0.39 is 5.91 Å². The van der Waals surface area contributed by atoms with Crippen LogP contribution in [0.15, 0.2) is 90.0 Å². The first-order valence-electron chi connectivity index (χ1n) is 9.59. The summed E-state index contributed by atoms with van der Waals surface area (Å²) in [5.74, 6) is -0.0615. The van der Waals surface area contributed by atoms with Crippen LogP contribution in [0, 0.1) is 5.82 Å². The number of hydrogen-bond acceptors (Lipinski definition) is 4. The number of ether oxygens (including phenoxy) is 1. The molecule has 7 heteroatoms. The quantitative estimate of drug-likeness (QED) is 0.344. The summed E-state index contributed by atoms with van der Waals surface area (Å²) in [7, 11) is 0. The number of hydrogen-bond donors (Lipinski definition) is 2. The van der Waals surface area contributed by atoms with Crippen LogP contribution in [-0.2, 0) is 6.61 Å². The maximum absolute atomic E-state index is 12.9. The third-order valence-corrected chi connectivity index (χ3v) is 4.45. The number of aromatic amines is 1. The number of hydrazone groups is 1. The van der Waals surface area contributed by atoms with E-state index >= 15 is 0 Å². The van der Waals surface area contributed by atoms with E-state index in [9.17, 15) is 9.18 Å². The number of nitrogens with one attached hydrogen (secondary N) is 2. The topological polar surface area (TPSA) is 79.4 Å². The number of aromatic nitrogens is 2. The van der Waals surface area contributed by atoms with Crippen LogP contribution in [0.25, 0.3) is 11.3 Å². The Morgan fingerprint density at radius 2 is 1.84 bits per heavy atom. The van der Waals surface area contributed by atoms with Gasteiger partial charge in [-0.3, -0.25) is 9.89 Å². The van der Waals surface area contributed by atoms with Gasteiger partial charge in [0.15, 0.2) is 0 Å². The van der Waals surface area contributed by atoms with Crippen LogP contribution in [-0.4, -0.2) is 22.3 Å². The Balaban J connectivity index is 1.38. The van der Waals surface area contributed by atoms with E-state index in [0.717, 1.165) is 11.1 Å². The number of halogens is 1. The van der Waals surface area contributed by atoms with Gasteiger partial charge in [-0.25, -0.2) is 9.82 Å². The minimum Gasteiger partial charge on any atom is -0.489 e. The van der Waals surface area contributed by atoms with Gasteiger partial charge < -0.3 is 4.74 Å². The van der Waals surface area contributed by atoms with Crippen molar-refractivity contribution < 1.29 is 13.9 Å². The largest absolute Gasteiger partial charge is 0.489 e. The molecule has 0 aliphatic heterocycles. The van der Waals surface area contributed by atoms with Crippen molar-refractivity contribution in [1.29, 1.82) is 0 Å². The minimum atomic E-state index is -0.436. The van der Waals surface area contributed by atoms with Crippen LogP contribution in [0.4, 0.5) is 4.39 Å². The molecule has 0 saturated carbocycles. The molecule has 0 atom stereocenters. The first-order valence-corrected chi connectivity index (χ1v) is 9.59. The van der Waals surface area contributed by atoms with Gasteiger partial charge in [-0.1, -0.05) is 54.6 Å². The zero-order chi connectivity index (χ0) is 21.5. The molecule has 1 heterocycles. The fourth-order valence-corrected chi connectivity index (χ4v) is 2.85. The van der Waals surface area contributed by atoms with E-state index in [-0.39, 0.29) is 11.5 Å². The van der Waals surface area contributed by atoms with E-state index in [0.29, 0.717) is 23.6 Å². The third-order valence-electron chi connectivity index (χ3n) is 4.45. The van der Waals surface area contributed by atoms with E-state index in [2.05, 4.69) is 20.7 Å². The Morgan fingerprint density at radius 1 is 1.03 bits per heavy atom. The van der Waals surface area contributed by atoms with E-state index in [1.54, 1.807) is 18.2 Å². The van der Waals surface area contributed by atoms with Gasteiger partial charge in [-0.2, -0.15) is 10.2 Å². The smallest absolute Gasteiger partial charge is 0.289 e. The Bertz CT molecular complexity index is 1190. The standard InChI is InChI=1S/C24H19FN4O2/c25-20-11-9-17(10-12-20)15-26-29-24(30)23-14-22(27-28-23)19-7-4-8-21(13-19)31-16-18-5-2-1-3-6-18/h1-15H,16H2,(H,27,28)(H,29,30)/b26-15-. The highest BCUT2D eigenvalue weighted by Gasteiger charge is 2.11. The van der Waals surface area contributed by atoms with Gasteiger partial charge in [0.1, 0.15) is 23.9 Å². The lowest BCUT2D eigenvalue weighted by atomic mass is 10.1. The molecule has 0 fully saturated rings. The molecule has 0 radical (unpaired) electrons. The van der Waals surface area contributed by atoms with Gasteiger partial charge in [-0.15, -0.1) is 0 Å². The van der Waals surface area contributed by atoms with Crippen LogP contribution in [0.5, 0.6) is 5.75 Å². The number of nitrogens with zero attached hydrogens (tertiary/aromatic N) is 2. The minimum absolute atomic E-state index is 0.266. The molecule has 0 unspecified atom stereocenters. The Kier molecular flexibility index (Phi) is 6.13. The molecule has 6 nitrogen and oxygen atoms in total. The highest BCUT2D eigenvalue weighted by atomic mass is 19.1. The van der Waals surface area contributed by atoms with Gasteiger partial charge in [0, 0.05) is 5.56 Å². The highest BCUT2D eigenvalue weighted by molar-refractivity contribution is 5.94. The lowest BCUT2D eigenvalue weighted by Crippen LogP contribution is -2.17. The zero-order valence-electron chi connectivity index (χ0n) is 16.5. The summed E-state index contributed by atoms with van der Waals surface area (Å²) in [6.45, 7) is 0.463. The summed E-state index contributed by atoms with van der Waals surface area (Å²) in [5, 5.41) is 10.8. The summed E-state index contributed by atoms with van der Waals surface area (Å²) in [5.41, 5.74) is 5.85. The first-order chi connectivity index (χ1) is 15.2. The van der Waals surface area contributed by atoms with E-state index in [1.165, 1.54) is 18.3 Å². The molecular weight excluding hydrogens is 395 g/mol. The number of H-pyrrole nitrogens is 1. The lowest BCUT2D eigenvalue weighted by molar-refractivity contribution is 0.0950. The molecular formula is C24H19FN4O2. The predicted octanol–water partition coefficient (Wildman–Crippen LogP) is 4.56. The van der Waals surface area contributed by atoms with Crippen molar-refractivity contribution in [3.63, 3.8) is 0 Å². The fraction of sp³-hybridized carbons (Fsp3) is 0.0417. The summed E-state index contributed by atoms with van der Waals surface area (Å²) < 4.78 is 18.8. The number of rotatable bonds is 7. The van der Waals surface area contributed by atoms with E-state index in [4.69, 9.17) is 4.74 Å². The molecule has 1 amide bonds. The average molecular weight is 414 g/mol. The number of amides is 1. The molecule has 31 heavy (non-hydrogen) atoms. The molecule has 3 aromatic carbocycles. The maximum Gasteiger partial charge on any atom is 0.289 e. The van der Waals surface area contributed by atoms with Crippen molar-refractivity contribution in [2.75, 3.05) is 0 Å². The summed E-state index contributed by atoms with van der Waals surface area (Å²) in [6.07, 6.45) is 1.43. The third kappa shape index (κ3) is 5.42. The van der Waals surface area contributed by atoms with Crippen molar-refractivity contribution in [1.82, 2.24) is 15.6 Å². The monoisotopic (exact) mass is 414 g/mol. The second kappa shape index (κ2) is 9.49. The summed E-state index contributed by atoms with van der Waals surface area (Å²) in [6, 6.07) is 24.8. The van der Waals surface area contributed by atoms with Crippen molar-refractivity contribution in [2.24, 2.45) is 5.10 Å². The van der Waals surface area contributed by atoms with Gasteiger partial charge in [0.05, 0.1) is 11.9 Å². The molecule has 0 saturated heterocycles. The van der Waals surface area contributed by atoms with Crippen LogP contribution in [0.1, 0.15) is 21.6 Å². The van der Waals surface area contributed by atoms with Crippen LogP contribution < -0.4 is 10.2 Å². The van der Waals surface area contributed by atoms with Gasteiger partial charge >= 0.3 is 0 Å². The second-order valence-electron chi connectivity index (χ2n) is 6.72. The molecule has 0 aliphatic carbocycles. The molecule has 4 rings (SSSR count). The molecule has 4 aromatic rings. The van der Waals surface area contributed by atoms with Gasteiger partial charge in [0.25, 0.3) is 5.91 Å². The Labute approximate surface area is 178 Å². The summed E-state index contributed by atoms with van der Waals surface area (Å²) in [4.78, 5) is 12.3. The molecule has 154 valence electrons. The number of carbonyl (C=O) groups is 1. The summed E-state index contributed by atoms with van der Waals surface area (Å²) >= 11 is 0. The normalized spacial score (nSPS) is 10.9. The predicted molar refractivity (Wildman–Crippen MR) is 116 cm³/mol. The average Bonchev–Trinajstić information content (AvgIpc) is 3.30. The lowest BCUT2D eigenvalue weighted by Gasteiger charge is -2.07.